The fraction of sp³-hybridized carbons (Fsp3) is 0.167. The molecule has 2 heterocycles. The van der Waals surface area contributed by atoms with Gasteiger partial charge in [0.15, 0.2) is 0 Å². The fourth-order valence-electron chi connectivity index (χ4n) is 3.78. The number of nitrogens with one attached hydrogen (secondary N) is 2. The van der Waals surface area contributed by atoms with E-state index in [4.69, 9.17) is 4.74 Å². The van der Waals surface area contributed by atoms with E-state index in [-0.39, 0.29) is 5.91 Å². The number of aromatic nitrogens is 3. The Morgan fingerprint density at radius 3 is 2.74 bits per heavy atom. The van der Waals surface area contributed by atoms with Gasteiger partial charge in [-0.05, 0) is 66.8 Å². The minimum Gasteiger partial charge on any atom is -0.457 e. The van der Waals surface area contributed by atoms with Crippen LogP contribution in [-0.4, -0.2) is 27.9 Å². The highest BCUT2D eigenvalue weighted by molar-refractivity contribution is 5.92. The molecule has 1 amide bonds. The van der Waals surface area contributed by atoms with Gasteiger partial charge in [-0.2, -0.15) is 0 Å². The molecule has 0 saturated heterocycles. The van der Waals surface area contributed by atoms with Crippen molar-refractivity contribution in [2.45, 2.75) is 19.3 Å². The Hall–Kier alpha value is -4.00. The summed E-state index contributed by atoms with van der Waals surface area (Å²) in [5.41, 5.74) is 4.96. The smallest absolute Gasteiger partial charge is 0.269 e. The van der Waals surface area contributed by atoms with Gasteiger partial charge in [-0.15, -0.1) is 0 Å². The van der Waals surface area contributed by atoms with Crippen LogP contribution in [0.5, 0.6) is 11.5 Å². The maximum Gasteiger partial charge on any atom is 0.269 e. The molecule has 0 bridgehead atoms. The van der Waals surface area contributed by atoms with Crippen molar-refractivity contribution in [1.29, 1.82) is 0 Å². The second kappa shape index (κ2) is 8.02. The largest absolute Gasteiger partial charge is 0.457 e. The van der Waals surface area contributed by atoms with Crippen LogP contribution in [0.1, 0.15) is 28.0 Å². The molecule has 154 valence electrons. The van der Waals surface area contributed by atoms with E-state index in [0.29, 0.717) is 23.1 Å². The van der Waals surface area contributed by atoms with Gasteiger partial charge in [-0.1, -0.05) is 6.07 Å². The summed E-state index contributed by atoms with van der Waals surface area (Å²) < 4.78 is 5.90. The number of anilines is 2. The van der Waals surface area contributed by atoms with Gasteiger partial charge < -0.3 is 15.4 Å². The summed E-state index contributed by atoms with van der Waals surface area (Å²) in [6.07, 6.45) is 6.84. The summed E-state index contributed by atoms with van der Waals surface area (Å²) in [6.45, 7) is 0. The third-order valence-corrected chi connectivity index (χ3v) is 5.33. The first-order valence-corrected chi connectivity index (χ1v) is 10.2. The molecule has 2 aromatic heterocycles. The molecule has 1 aliphatic carbocycles. The zero-order valence-electron chi connectivity index (χ0n) is 17.1. The molecule has 1 aliphatic rings. The van der Waals surface area contributed by atoms with Gasteiger partial charge >= 0.3 is 0 Å². The summed E-state index contributed by atoms with van der Waals surface area (Å²) in [5.74, 6) is 1.46. The molecule has 31 heavy (non-hydrogen) atoms. The molecule has 4 aromatic rings. The molecule has 0 spiro atoms. The van der Waals surface area contributed by atoms with Crippen LogP contribution in [0.2, 0.25) is 0 Å². The van der Waals surface area contributed by atoms with E-state index in [1.54, 1.807) is 31.6 Å². The molecule has 0 fully saturated rings. The van der Waals surface area contributed by atoms with Crippen LogP contribution in [0.25, 0.3) is 10.9 Å². The highest BCUT2D eigenvalue weighted by atomic mass is 16.5. The zero-order chi connectivity index (χ0) is 21.2. The molecule has 7 nitrogen and oxygen atoms in total. The van der Waals surface area contributed by atoms with Crippen molar-refractivity contribution in [2.24, 2.45) is 0 Å². The Morgan fingerprint density at radius 1 is 0.968 bits per heavy atom. The first-order valence-electron chi connectivity index (χ1n) is 10.2. The van der Waals surface area contributed by atoms with E-state index in [1.807, 2.05) is 18.2 Å². The van der Waals surface area contributed by atoms with E-state index < -0.39 is 0 Å². The van der Waals surface area contributed by atoms with Gasteiger partial charge in [0, 0.05) is 36.6 Å². The third-order valence-electron chi connectivity index (χ3n) is 5.33. The Kier molecular flexibility index (Phi) is 4.92. The van der Waals surface area contributed by atoms with E-state index in [1.165, 1.54) is 24.0 Å². The second-order valence-corrected chi connectivity index (χ2v) is 7.43. The van der Waals surface area contributed by atoms with E-state index in [0.717, 1.165) is 23.0 Å². The van der Waals surface area contributed by atoms with Gasteiger partial charge in [0.05, 0.1) is 5.52 Å². The number of carbonyl (C=O) groups is 1. The average molecular weight is 411 g/mol. The molecule has 0 saturated carbocycles. The first-order chi connectivity index (χ1) is 15.2. The number of benzene rings is 2. The summed E-state index contributed by atoms with van der Waals surface area (Å²) in [5, 5.41) is 6.71. The number of nitrogens with zero attached hydrogens (tertiary/aromatic N) is 3. The van der Waals surface area contributed by atoms with Gasteiger partial charge in [0.25, 0.3) is 5.91 Å². The minimum atomic E-state index is -0.263. The van der Waals surface area contributed by atoms with Crippen LogP contribution in [0.15, 0.2) is 60.9 Å². The minimum absolute atomic E-state index is 0.263. The lowest BCUT2D eigenvalue weighted by atomic mass is 10.1. The molecule has 0 radical (unpaired) electrons. The molecule has 7 heteroatoms. The summed E-state index contributed by atoms with van der Waals surface area (Å²) in [7, 11) is 1.56. The molecule has 0 unspecified atom stereocenters. The number of pyridine rings is 1. The number of amides is 1. The maximum atomic E-state index is 11.8. The second-order valence-electron chi connectivity index (χ2n) is 7.43. The normalized spacial score (nSPS) is 12.4. The topological polar surface area (TPSA) is 89.0 Å². The van der Waals surface area contributed by atoms with Gasteiger partial charge in [-0.3, -0.25) is 9.78 Å². The summed E-state index contributed by atoms with van der Waals surface area (Å²) in [4.78, 5) is 24.9. The Labute approximate surface area is 179 Å². The van der Waals surface area contributed by atoms with Crippen molar-refractivity contribution in [3.8, 4) is 11.5 Å². The van der Waals surface area contributed by atoms with E-state index in [9.17, 15) is 4.79 Å². The van der Waals surface area contributed by atoms with Crippen molar-refractivity contribution >= 4 is 28.4 Å². The van der Waals surface area contributed by atoms with Gasteiger partial charge in [0.2, 0.25) is 5.95 Å². The van der Waals surface area contributed by atoms with Crippen molar-refractivity contribution in [1.82, 2.24) is 20.3 Å². The van der Waals surface area contributed by atoms with Crippen molar-refractivity contribution in [3.63, 3.8) is 0 Å². The lowest BCUT2D eigenvalue weighted by Gasteiger charge is -2.09. The standard InChI is InChI=1S/C24H21N5O2/c1-25-23(30)22-13-20(9-10-26-22)31-19-7-8-21-17(12-19)14-27-24(29-21)28-18-6-5-15-3-2-4-16(15)11-18/h5-14H,2-4H2,1H3,(H,25,30)(H,27,28,29). The lowest BCUT2D eigenvalue weighted by molar-refractivity contribution is 0.0958. The highest BCUT2D eigenvalue weighted by Gasteiger charge is 2.12. The quantitative estimate of drug-likeness (QED) is 0.506. The predicted molar refractivity (Wildman–Crippen MR) is 119 cm³/mol. The Balaban J connectivity index is 1.35. The zero-order valence-corrected chi connectivity index (χ0v) is 17.1. The van der Waals surface area contributed by atoms with Crippen LogP contribution < -0.4 is 15.4 Å². The van der Waals surface area contributed by atoms with E-state index >= 15 is 0 Å². The SMILES string of the molecule is CNC(=O)c1cc(Oc2ccc3nc(Nc4ccc5c(c4)CCC5)ncc3c2)ccn1. The van der Waals surface area contributed by atoms with Crippen LogP contribution in [-0.2, 0) is 12.8 Å². The molecule has 2 aromatic carbocycles. The number of fused-ring (bicyclic) bond motifs is 2. The monoisotopic (exact) mass is 411 g/mol. The molecule has 0 atom stereocenters. The molecule has 5 rings (SSSR count). The maximum absolute atomic E-state index is 11.8. The number of carbonyl (C=O) groups excluding carboxylic acids is 1. The van der Waals surface area contributed by atoms with Gasteiger partial charge in [-0.25, -0.2) is 9.97 Å². The van der Waals surface area contributed by atoms with E-state index in [2.05, 4.69) is 43.8 Å². The number of rotatable bonds is 5. The fourth-order valence-corrected chi connectivity index (χ4v) is 3.78. The predicted octanol–water partition coefficient (Wildman–Crippen LogP) is 4.41. The summed E-state index contributed by atoms with van der Waals surface area (Å²) >= 11 is 0. The van der Waals surface area contributed by atoms with Crippen molar-refractivity contribution in [3.05, 3.63) is 77.7 Å². The van der Waals surface area contributed by atoms with Crippen molar-refractivity contribution < 1.29 is 9.53 Å². The number of hydrogen-bond donors (Lipinski definition) is 2. The highest BCUT2D eigenvalue weighted by Crippen LogP contribution is 2.28. The van der Waals surface area contributed by atoms with Crippen LogP contribution in [0, 0.1) is 0 Å². The van der Waals surface area contributed by atoms with Crippen LogP contribution in [0.4, 0.5) is 11.6 Å². The molecular formula is C24H21N5O2. The van der Waals surface area contributed by atoms with Crippen LogP contribution in [0.3, 0.4) is 0 Å². The molecule has 2 N–H and O–H groups in total. The lowest BCUT2D eigenvalue weighted by Crippen LogP contribution is -2.18. The molecule has 0 aliphatic heterocycles. The third kappa shape index (κ3) is 4.02. The number of ether oxygens (including phenoxy) is 1. The molecular weight excluding hydrogens is 390 g/mol. The van der Waals surface area contributed by atoms with Crippen LogP contribution >= 0.6 is 0 Å². The Bertz CT molecular complexity index is 1290. The van der Waals surface area contributed by atoms with Crippen molar-refractivity contribution in [2.75, 3.05) is 12.4 Å². The average Bonchev–Trinajstić information content (AvgIpc) is 3.27. The first kappa shape index (κ1) is 19.0. The Morgan fingerprint density at radius 2 is 1.84 bits per heavy atom. The van der Waals surface area contributed by atoms with Gasteiger partial charge in [0.1, 0.15) is 17.2 Å². The number of hydrogen-bond acceptors (Lipinski definition) is 6. The number of aryl methyl sites for hydroxylation is 2. The summed E-state index contributed by atoms with van der Waals surface area (Å²) in [6, 6.07) is 15.4.